The Balaban J connectivity index is 1.76. The molecule has 1 aromatic carbocycles. The highest BCUT2D eigenvalue weighted by atomic mass is 32.1. The minimum absolute atomic E-state index is 0.00866. The predicted octanol–water partition coefficient (Wildman–Crippen LogP) is 3.01. The van der Waals surface area contributed by atoms with Crippen LogP contribution < -0.4 is 16.4 Å². The number of benzene rings is 1. The van der Waals surface area contributed by atoms with Crippen molar-refractivity contribution in [2.75, 3.05) is 5.32 Å². The summed E-state index contributed by atoms with van der Waals surface area (Å²) in [5.74, 6) is -0.598. The third kappa shape index (κ3) is 4.18. The number of amides is 2. The van der Waals surface area contributed by atoms with Crippen LogP contribution in [0.2, 0.25) is 0 Å². The van der Waals surface area contributed by atoms with Crippen molar-refractivity contribution >= 4 is 51.2 Å². The highest BCUT2D eigenvalue weighted by molar-refractivity contribution is 7.80. The van der Waals surface area contributed by atoms with E-state index in [1.807, 2.05) is 0 Å². The van der Waals surface area contributed by atoms with E-state index in [-0.39, 0.29) is 16.4 Å². The number of anilines is 1. The van der Waals surface area contributed by atoms with Crippen molar-refractivity contribution in [3.05, 3.63) is 55.9 Å². The molecular formula is C18H18N4O4S2. The fraction of sp³-hybridized carbons (Fsp3) is 0.278. The van der Waals surface area contributed by atoms with Gasteiger partial charge in [-0.2, -0.15) is 0 Å². The molecule has 8 nitrogen and oxygen atoms in total. The number of nitrogens with two attached hydrogens (primary N) is 1. The van der Waals surface area contributed by atoms with Crippen LogP contribution in [-0.2, 0) is 12.8 Å². The Kier molecular flexibility index (Phi) is 5.71. The van der Waals surface area contributed by atoms with E-state index in [1.54, 1.807) is 0 Å². The molecule has 0 saturated heterocycles. The number of non-ortho nitro benzene ring substituents is 1. The summed E-state index contributed by atoms with van der Waals surface area (Å²) in [6, 6.07) is 5.33. The van der Waals surface area contributed by atoms with Crippen molar-refractivity contribution in [2.45, 2.75) is 26.2 Å². The molecule has 1 aromatic heterocycles. The fourth-order valence-corrected chi connectivity index (χ4v) is 4.85. The van der Waals surface area contributed by atoms with Gasteiger partial charge in [0.15, 0.2) is 5.11 Å². The molecule has 1 atom stereocenters. The van der Waals surface area contributed by atoms with Gasteiger partial charge >= 0.3 is 0 Å². The molecule has 0 radical (unpaired) electrons. The van der Waals surface area contributed by atoms with Crippen molar-refractivity contribution in [1.82, 2.24) is 5.32 Å². The highest BCUT2D eigenvalue weighted by Gasteiger charge is 2.27. The number of nitro benzene ring substituents is 1. The standard InChI is InChI=1S/C18H18N4O4S2/c1-9-5-6-12-13(7-9)28-17(14(12)15(19)23)21-18(27)20-16(24)10-3-2-4-11(8-10)22(25)26/h2-4,8-9H,5-7H2,1H3,(H2,19,23)(H2,20,21,24,27)/t9-/m1/s1. The Morgan fingerprint density at radius 2 is 2.14 bits per heavy atom. The van der Waals surface area contributed by atoms with Gasteiger partial charge in [-0.15, -0.1) is 11.3 Å². The topological polar surface area (TPSA) is 127 Å². The van der Waals surface area contributed by atoms with E-state index in [0.717, 1.165) is 35.8 Å². The van der Waals surface area contributed by atoms with E-state index in [0.29, 0.717) is 16.5 Å². The van der Waals surface area contributed by atoms with E-state index in [9.17, 15) is 19.7 Å². The number of carbonyl (C=O) groups is 2. The summed E-state index contributed by atoms with van der Waals surface area (Å²) in [4.78, 5) is 35.7. The zero-order valence-electron chi connectivity index (χ0n) is 15.0. The summed E-state index contributed by atoms with van der Waals surface area (Å²) in [7, 11) is 0. The Morgan fingerprint density at radius 1 is 1.39 bits per heavy atom. The van der Waals surface area contributed by atoms with Crippen LogP contribution in [0.4, 0.5) is 10.7 Å². The Morgan fingerprint density at radius 3 is 2.82 bits per heavy atom. The molecule has 2 amide bonds. The van der Waals surface area contributed by atoms with Crippen molar-refractivity contribution in [1.29, 1.82) is 0 Å². The predicted molar refractivity (Wildman–Crippen MR) is 111 cm³/mol. The number of thiophene rings is 1. The monoisotopic (exact) mass is 418 g/mol. The molecule has 1 aliphatic carbocycles. The third-order valence-electron chi connectivity index (χ3n) is 4.53. The fourth-order valence-electron chi connectivity index (χ4n) is 3.17. The number of nitro groups is 1. The first-order valence-corrected chi connectivity index (χ1v) is 9.80. The number of primary amides is 1. The minimum atomic E-state index is -0.586. The Bertz CT molecular complexity index is 986. The molecule has 28 heavy (non-hydrogen) atoms. The molecule has 10 heteroatoms. The van der Waals surface area contributed by atoms with Crippen molar-refractivity contribution < 1.29 is 14.5 Å². The van der Waals surface area contributed by atoms with Crippen LogP contribution in [0.1, 0.15) is 44.5 Å². The van der Waals surface area contributed by atoms with Gasteiger partial charge in [0.25, 0.3) is 17.5 Å². The van der Waals surface area contributed by atoms with Crippen LogP contribution in [0, 0.1) is 16.0 Å². The largest absolute Gasteiger partial charge is 0.365 e. The lowest BCUT2D eigenvalue weighted by molar-refractivity contribution is -0.384. The lowest BCUT2D eigenvalue weighted by atomic mass is 9.88. The molecule has 0 fully saturated rings. The average Bonchev–Trinajstić information content (AvgIpc) is 2.98. The van der Waals surface area contributed by atoms with Gasteiger partial charge in [-0.1, -0.05) is 13.0 Å². The second kappa shape index (κ2) is 8.03. The number of carbonyl (C=O) groups excluding carboxylic acids is 2. The maximum atomic E-state index is 12.3. The van der Waals surface area contributed by atoms with Gasteiger partial charge in [0.1, 0.15) is 5.00 Å². The number of hydrogen-bond acceptors (Lipinski definition) is 6. The van der Waals surface area contributed by atoms with Gasteiger partial charge in [-0.3, -0.25) is 25.0 Å². The van der Waals surface area contributed by atoms with Crippen LogP contribution in [0.15, 0.2) is 24.3 Å². The molecule has 0 bridgehead atoms. The SMILES string of the molecule is C[C@@H]1CCc2c(sc(NC(=S)NC(=O)c3cccc([N+](=O)[O-])c3)c2C(N)=O)C1. The van der Waals surface area contributed by atoms with E-state index in [1.165, 1.54) is 29.5 Å². The molecule has 0 aliphatic heterocycles. The highest BCUT2D eigenvalue weighted by Crippen LogP contribution is 2.39. The molecule has 2 aromatic rings. The Labute approximate surface area is 170 Å². The molecule has 0 unspecified atom stereocenters. The van der Waals surface area contributed by atoms with Crippen LogP contribution in [0.3, 0.4) is 0 Å². The lowest BCUT2D eigenvalue weighted by Crippen LogP contribution is -2.34. The molecule has 146 valence electrons. The summed E-state index contributed by atoms with van der Waals surface area (Å²) in [5.41, 5.74) is 6.84. The molecule has 0 spiro atoms. The van der Waals surface area contributed by atoms with Gasteiger partial charge in [0.2, 0.25) is 0 Å². The first kappa shape index (κ1) is 19.9. The van der Waals surface area contributed by atoms with Crippen molar-refractivity contribution in [2.24, 2.45) is 11.7 Å². The van der Waals surface area contributed by atoms with Crippen LogP contribution >= 0.6 is 23.6 Å². The van der Waals surface area contributed by atoms with Crippen LogP contribution in [0.25, 0.3) is 0 Å². The second-order valence-corrected chi connectivity index (χ2v) is 8.15. The molecular weight excluding hydrogens is 400 g/mol. The molecule has 0 saturated carbocycles. The number of nitrogens with one attached hydrogen (secondary N) is 2. The number of fused-ring (bicyclic) bond motifs is 1. The van der Waals surface area contributed by atoms with Crippen molar-refractivity contribution in [3.8, 4) is 0 Å². The zero-order chi connectivity index (χ0) is 20.4. The third-order valence-corrected chi connectivity index (χ3v) is 5.91. The summed E-state index contributed by atoms with van der Waals surface area (Å²) >= 11 is 6.60. The zero-order valence-corrected chi connectivity index (χ0v) is 16.6. The maximum Gasteiger partial charge on any atom is 0.270 e. The van der Waals surface area contributed by atoms with Gasteiger partial charge in [-0.25, -0.2) is 0 Å². The molecule has 1 heterocycles. The van der Waals surface area contributed by atoms with Crippen LogP contribution in [0.5, 0.6) is 0 Å². The smallest absolute Gasteiger partial charge is 0.270 e. The second-order valence-electron chi connectivity index (χ2n) is 6.64. The van der Waals surface area contributed by atoms with Gasteiger partial charge in [0.05, 0.1) is 10.5 Å². The first-order valence-electron chi connectivity index (χ1n) is 8.57. The molecule has 1 aliphatic rings. The van der Waals surface area contributed by atoms with E-state index >= 15 is 0 Å². The first-order chi connectivity index (χ1) is 13.3. The summed E-state index contributed by atoms with van der Waals surface area (Å²) < 4.78 is 0. The van der Waals surface area contributed by atoms with Gasteiger partial charge in [0, 0.05) is 22.6 Å². The molecule has 4 N–H and O–H groups in total. The number of hydrogen-bond donors (Lipinski definition) is 3. The summed E-state index contributed by atoms with van der Waals surface area (Å²) in [6.07, 6.45) is 2.63. The van der Waals surface area contributed by atoms with Gasteiger partial charge < -0.3 is 11.1 Å². The lowest BCUT2D eigenvalue weighted by Gasteiger charge is -2.18. The minimum Gasteiger partial charge on any atom is -0.365 e. The van der Waals surface area contributed by atoms with E-state index in [4.69, 9.17) is 18.0 Å². The normalized spacial score (nSPS) is 15.4. The average molecular weight is 419 g/mol. The summed E-state index contributed by atoms with van der Waals surface area (Å²) in [5, 5.41) is 16.7. The number of nitrogens with zero attached hydrogens (tertiary/aromatic N) is 1. The Hall–Kier alpha value is -2.85. The summed E-state index contributed by atoms with van der Waals surface area (Å²) in [6.45, 7) is 2.16. The van der Waals surface area contributed by atoms with E-state index in [2.05, 4.69) is 17.6 Å². The number of rotatable bonds is 4. The van der Waals surface area contributed by atoms with E-state index < -0.39 is 16.7 Å². The molecule has 3 rings (SSSR count). The van der Waals surface area contributed by atoms with Crippen molar-refractivity contribution in [3.63, 3.8) is 0 Å². The number of thiocarbonyl (C=S) groups is 1. The van der Waals surface area contributed by atoms with Crippen LogP contribution in [-0.4, -0.2) is 21.9 Å². The maximum absolute atomic E-state index is 12.3. The quantitative estimate of drug-likeness (QED) is 0.398. The van der Waals surface area contributed by atoms with Gasteiger partial charge in [-0.05, 0) is 49.0 Å².